The normalized spacial score (nSPS) is 8.25. The van der Waals surface area contributed by atoms with E-state index in [9.17, 15) is 16.8 Å². The van der Waals surface area contributed by atoms with Crippen molar-refractivity contribution in [1.29, 1.82) is 0 Å². The van der Waals surface area contributed by atoms with E-state index in [-0.39, 0.29) is 0 Å². The summed E-state index contributed by atoms with van der Waals surface area (Å²) in [6.45, 7) is 0. The Morgan fingerprint density at radius 1 is 1.38 bits per heavy atom. The molecule has 0 fully saturated rings. The van der Waals surface area contributed by atoms with Gasteiger partial charge in [0.1, 0.15) is 0 Å². The molecule has 7 heteroatoms. The van der Waals surface area contributed by atoms with Crippen molar-refractivity contribution in [3.63, 3.8) is 0 Å². The highest BCUT2D eigenvalue weighted by atomic mass is 31.2. The van der Waals surface area contributed by atoms with Gasteiger partial charge in [-0.15, -0.1) is 0 Å². The van der Waals surface area contributed by atoms with E-state index in [4.69, 9.17) is 0 Å². The van der Waals surface area contributed by atoms with Gasteiger partial charge >= 0.3 is 0 Å². The topological polar surface area (TPSA) is 26.0 Å². The smallest absolute Gasteiger partial charge is 0.280 e. The standard InChI is InChI=1S/CH4F2NP.F2HP/c2-5(3)1-4;1-3-2/h1,4H2;3H. The first kappa shape index (κ1) is 11.4. The van der Waals surface area contributed by atoms with Crippen LogP contribution in [0.3, 0.4) is 0 Å². The zero-order chi connectivity index (χ0) is 6.99. The summed E-state index contributed by atoms with van der Waals surface area (Å²) in [5, 5.41) is 0. The second-order valence-corrected chi connectivity index (χ2v) is 1.67. The Kier molecular flexibility index (Phi) is 14.9. The summed E-state index contributed by atoms with van der Waals surface area (Å²) in [4.78, 5) is 0. The maximum atomic E-state index is 10.7. The quantitative estimate of drug-likeness (QED) is 0.473. The van der Waals surface area contributed by atoms with Crippen LogP contribution < -0.4 is 5.73 Å². The van der Waals surface area contributed by atoms with Gasteiger partial charge in [-0.3, -0.25) is 0 Å². The molecule has 0 rings (SSSR count). The molecule has 0 aromatic heterocycles. The van der Waals surface area contributed by atoms with Crippen molar-refractivity contribution in [2.45, 2.75) is 0 Å². The van der Waals surface area contributed by atoms with Crippen molar-refractivity contribution >= 4 is 17.7 Å². The number of hydrogen-bond acceptors (Lipinski definition) is 1. The molecule has 0 saturated heterocycles. The van der Waals surface area contributed by atoms with E-state index in [1.165, 1.54) is 0 Å². The van der Waals surface area contributed by atoms with Gasteiger partial charge in [0, 0.05) is 0 Å². The molecule has 0 radical (unpaired) electrons. The Morgan fingerprint density at radius 3 is 1.50 bits per heavy atom. The van der Waals surface area contributed by atoms with E-state index >= 15 is 0 Å². The van der Waals surface area contributed by atoms with E-state index < -0.39 is 24.0 Å². The molecule has 1 nitrogen and oxygen atoms in total. The van der Waals surface area contributed by atoms with Gasteiger partial charge in [-0.2, -0.15) is 16.8 Å². The lowest BCUT2D eigenvalue weighted by atomic mass is 11.6. The SMILES string of the molecule is FPF.NCP(F)F. The molecule has 52 valence electrons. The summed E-state index contributed by atoms with van der Waals surface area (Å²) in [6.07, 6.45) is -0.463. The van der Waals surface area contributed by atoms with E-state index in [1.54, 1.807) is 0 Å². The maximum Gasteiger partial charge on any atom is 0.280 e. The Morgan fingerprint density at radius 2 is 1.50 bits per heavy atom. The minimum Gasteiger partial charge on any atom is -0.322 e. The summed E-state index contributed by atoms with van der Waals surface area (Å²) in [7, 11) is -4.74. The summed E-state index contributed by atoms with van der Waals surface area (Å²) in [5.41, 5.74) is 4.45. The van der Waals surface area contributed by atoms with Crippen LogP contribution in [0, 0.1) is 0 Å². The zero-order valence-electron chi connectivity index (χ0n) is 3.74. The van der Waals surface area contributed by atoms with Gasteiger partial charge in [0.15, 0.2) is 0 Å². The number of hydrogen-bond donors (Lipinski definition) is 1. The van der Waals surface area contributed by atoms with Crippen LogP contribution in [-0.2, 0) is 0 Å². The van der Waals surface area contributed by atoms with Crippen molar-refractivity contribution in [1.82, 2.24) is 0 Å². The molecule has 0 aliphatic rings. The van der Waals surface area contributed by atoms with Crippen LogP contribution in [-0.4, -0.2) is 6.29 Å². The zero-order valence-corrected chi connectivity index (χ0v) is 5.64. The second-order valence-electron chi connectivity index (χ2n) is 0.557. The van der Waals surface area contributed by atoms with Gasteiger partial charge in [-0.05, 0) is 0 Å². The van der Waals surface area contributed by atoms with Crippen LogP contribution in [0.25, 0.3) is 0 Å². The lowest BCUT2D eigenvalue weighted by molar-refractivity contribution is 0.742. The fourth-order valence-electron chi connectivity index (χ4n) is 0. The van der Waals surface area contributed by atoms with E-state index in [1.807, 2.05) is 0 Å². The highest BCUT2D eigenvalue weighted by Gasteiger charge is 1.93. The van der Waals surface area contributed by atoms with Crippen LogP contribution in [0.5, 0.6) is 0 Å². The van der Waals surface area contributed by atoms with Gasteiger partial charge in [0.05, 0.1) is 6.29 Å². The molecule has 0 aliphatic carbocycles. The molecule has 0 spiro atoms. The molecular formula is CH5F4NP2. The van der Waals surface area contributed by atoms with Crippen molar-refractivity contribution < 1.29 is 16.8 Å². The fourth-order valence-corrected chi connectivity index (χ4v) is 0. The van der Waals surface area contributed by atoms with E-state index in [2.05, 4.69) is 5.73 Å². The Bertz CT molecular complexity index is 35.2. The molecule has 0 unspecified atom stereocenters. The molecule has 0 aromatic rings. The van der Waals surface area contributed by atoms with Gasteiger partial charge in [0.2, 0.25) is 0 Å². The Hall–Kier alpha value is 0.540. The van der Waals surface area contributed by atoms with E-state index in [0.29, 0.717) is 0 Å². The highest BCUT2D eigenvalue weighted by Crippen LogP contribution is 2.35. The van der Waals surface area contributed by atoms with Crippen LogP contribution in [0.1, 0.15) is 0 Å². The molecule has 0 saturated carbocycles. The van der Waals surface area contributed by atoms with Crippen LogP contribution in [0.2, 0.25) is 0 Å². The summed E-state index contributed by atoms with van der Waals surface area (Å²) in [5.74, 6) is 0. The van der Waals surface area contributed by atoms with Gasteiger partial charge in [-0.25, -0.2) is 0 Å². The minimum absolute atomic E-state index is 0.463. The Labute approximate surface area is 47.7 Å². The molecule has 0 aliphatic heterocycles. The van der Waals surface area contributed by atoms with Crippen molar-refractivity contribution in [3.8, 4) is 0 Å². The first-order valence-corrected chi connectivity index (χ1v) is 3.51. The summed E-state index contributed by atoms with van der Waals surface area (Å²) >= 11 is 0. The van der Waals surface area contributed by atoms with Crippen molar-refractivity contribution in [2.24, 2.45) is 5.73 Å². The predicted octanol–water partition coefficient (Wildman–Crippen LogP) is 2.59. The average Bonchev–Trinajstić information content (AvgIpc) is 1.69. The predicted molar refractivity (Wildman–Crippen MR) is 28.7 cm³/mol. The van der Waals surface area contributed by atoms with Gasteiger partial charge in [0.25, 0.3) is 17.7 Å². The van der Waals surface area contributed by atoms with Crippen LogP contribution in [0.4, 0.5) is 16.8 Å². The molecule has 2 N–H and O–H groups in total. The Balaban J connectivity index is 0. The maximum absolute atomic E-state index is 10.7. The number of halogens is 4. The van der Waals surface area contributed by atoms with Crippen molar-refractivity contribution in [3.05, 3.63) is 0 Å². The van der Waals surface area contributed by atoms with Crippen molar-refractivity contribution in [2.75, 3.05) is 6.29 Å². The lowest BCUT2D eigenvalue weighted by Gasteiger charge is -1.80. The fraction of sp³-hybridized carbons (Fsp3) is 1.00. The monoisotopic (exact) mass is 169 g/mol. The highest BCUT2D eigenvalue weighted by molar-refractivity contribution is 7.46. The molecule has 0 aromatic carbocycles. The van der Waals surface area contributed by atoms with Crippen LogP contribution in [0.15, 0.2) is 0 Å². The number of rotatable bonds is 1. The first-order valence-electron chi connectivity index (χ1n) is 1.44. The molecular weight excluding hydrogens is 164 g/mol. The van der Waals surface area contributed by atoms with Gasteiger partial charge < -0.3 is 5.73 Å². The molecule has 0 atom stereocenters. The molecule has 0 heterocycles. The first-order chi connectivity index (χ1) is 3.68. The number of nitrogens with two attached hydrogens (primary N) is 1. The van der Waals surface area contributed by atoms with Gasteiger partial charge in [-0.1, -0.05) is 0 Å². The molecule has 0 amide bonds. The third kappa shape index (κ3) is 31.1. The largest absolute Gasteiger partial charge is 0.322 e. The summed E-state index contributed by atoms with van der Waals surface area (Å²) < 4.78 is 40.7. The third-order valence-corrected chi connectivity index (χ3v) is 0.414. The molecule has 8 heavy (non-hydrogen) atoms. The van der Waals surface area contributed by atoms with E-state index in [0.717, 1.165) is 0 Å². The third-order valence-electron chi connectivity index (χ3n) is 0.138. The summed E-state index contributed by atoms with van der Waals surface area (Å²) in [6, 6.07) is 0. The second kappa shape index (κ2) is 10.5. The van der Waals surface area contributed by atoms with Crippen LogP contribution >= 0.6 is 17.7 Å². The molecule has 0 bridgehead atoms. The average molecular weight is 169 g/mol. The lowest BCUT2D eigenvalue weighted by Crippen LogP contribution is -1.89. The minimum atomic E-state index is -2.82.